The number of sulfonamides is 1. The lowest BCUT2D eigenvalue weighted by molar-refractivity contribution is 0.193. The molecule has 4 nitrogen and oxygen atoms in total. The van der Waals surface area contributed by atoms with Gasteiger partial charge in [0.2, 0.25) is 10.0 Å². The van der Waals surface area contributed by atoms with E-state index in [1.165, 1.54) is 30.2 Å². The van der Waals surface area contributed by atoms with Crippen molar-refractivity contribution >= 4 is 10.0 Å². The lowest BCUT2D eigenvalue weighted by Gasteiger charge is -2.43. The molecule has 4 rings (SSSR count). The molecule has 0 spiro atoms. The lowest BCUT2D eigenvalue weighted by Crippen LogP contribution is -2.50. The van der Waals surface area contributed by atoms with Crippen molar-refractivity contribution in [2.75, 3.05) is 12.8 Å². The zero-order chi connectivity index (χ0) is 20.5. The van der Waals surface area contributed by atoms with Gasteiger partial charge in [-0.05, 0) is 56.1 Å². The molecule has 29 heavy (non-hydrogen) atoms. The van der Waals surface area contributed by atoms with Crippen LogP contribution in [-0.2, 0) is 15.4 Å². The minimum Gasteiger partial charge on any atom is -0.309 e. The van der Waals surface area contributed by atoms with Crippen LogP contribution in [0.5, 0.6) is 0 Å². The molecule has 2 aromatic rings. The molecule has 0 radical (unpaired) electrons. The Kier molecular flexibility index (Phi) is 5.58. The van der Waals surface area contributed by atoms with E-state index in [0.717, 1.165) is 19.3 Å². The van der Waals surface area contributed by atoms with Crippen molar-refractivity contribution in [1.29, 1.82) is 0 Å². The minimum atomic E-state index is -3.30. The van der Waals surface area contributed by atoms with Crippen LogP contribution in [0.1, 0.15) is 50.2 Å². The first kappa shape index (κ1) is 20.6. The predicted octanol–water partition coefficient (Wildman–Crippen LogP) is 3.83. The van der Waals surface area contributed by atoms with Crippen molar-refractivity contribution in [3.8, 4) is 0 Å². The second-order valence-corrected chi connectivity index (χ2v) is 11.2. The molecule has 2 aliphatic heterocycles. The summed E-state index contributed by atoms with van der Waals surface area (Å²) in [5, 5.41) is 3.81. The molecule has 2 N–H and O–H groups in total. The molecule has 0 aliphatic carbocycles. The third-order valence-corrected chi connectivity index (χ3v) is 7.55. The van der Waals surface area contributed by atoms with E-state index in [-0.39, 0.29) is 11.0 Å². The van der Waals surface area contributed by atoms with Crippen molar-refractivity contribution in [2.24, 2.45) is 5.92 Å². The van der Waals surface area contributed by atoms with Gasteiger partial charge in [0, 0.05) is 23.5 Å². The third kappa shape index (κ3) is 4.57. The van der Waals surface area contributed by atoms with Crippen LogP contribution >= 0.6 is 0 Å². The van der Waals surface area contributed by atoms with E-state index in [4.69, 9.17) is 0 Å². The van der Waals surface area contributed by atoms with Crippen LogP contribution in [0.3, 0.4) is 0 Å². The first-order valence-corrected chi connectivity index (χ1v) is 12.5. The molecule has 2 fully saturated rings. The highest BCUT2D eigenvalue weighted by atomic mass is 32.2. The largest absolute Gasteiger partial charge is 0.309 e. The molecule has 0 aromatic heterocycles. The zero-order valence-electron chi connectivity index (χ0n) is 17.4. The second-order valence-electron chi connectivity index (χ2n) is 9.36. The van der Waals surface area contributed by atoms with Crippen molar-refractivity contribution in [3.63, 3.8) is 0 Å². The number of rotatable bonds is 7. The maximum atomic E-state index is 12.1. The van der Waals surface area contributed by atoms with Gasteiger partial charge in [-0.2, -0.15) is 0 Å². The summed E-state index contributed by atoms with van der Waals surface area (Å²) in [7, 11) is -3.30. The van der Waals surface area contributed by atoms with Crippen LogP contribution in [0.25, 0.3) is 0 Å². The lowest BCUT2D eigenvalue weighted by atomic mass is 9.66. The molecule has 2 aromatic carbocycles. The van der Waals surface area contributed by atoms with Crippen LogP contribution in [0.15, 0.2) is 60.7 Å². The Hall–Kier alpha value is -1.69. The van der Waals surface area contributed by atoms with Crippen LogP contribution < -0.4 is 10.0 Å². The molecule has 2 saturated heterocycles. The number of hydrogen-bond donors (Lipinski definition) is 2. The smallest absolute Gasteiger partial charge is 0.208 e. The van der Waals surface area contributed by atoms with Gasteiger partial charge in [-0.1, -0.05) is 60.7 Å². The molecule has 2 aliphatic rings. The minimum absolute atomic E-state index is 0.219. The number of benzene rings is 2. The molecule has 0 saturated carbocycles. The van der Waals surface area contributed by atoms with E-state index in [0.29, 0.717) is 18.5 Å². The normalized spacial score (nSPS) is 27.1. The summed E-state index contributed by atoms with van der Waals surface area (Å²) in [5.74, 6) is 0.551. The van der Waals surface area contributed by atoms with Gasteiger partial charge >= 0.3 is 0 Å². The van der Waals surface area contributed by atoms with Gasteiger partial charge in [-0.3, -0.25) is 0 Å². The fourth-order valence-electron chi connectivity index (χ4n) is 5.69. The van der Waals surface area contributed by atoms with Gasteiger partial charge in [0.25, 0.3) is 0 Å². The monoisotopic (exact) mass is 412 g/mol. The molecule has 3 atom stereocenters. The second kappa shape index (κ2) is 7.86. The summed E-state index contributed by atoms with van der Waals surface area (Å²) in [6.45, 7) is 2.73. The van der Waals surface area contributed by atoms with Crippen LogP contribution in [0.4, 0.5) is 0 Å². The molecule has 2 heterocycles. The average Bonchev–Trinajstić information content (AvgIpc) is 2.98. The van der Waals surface area contributed by atoms with Gasteiger partial charge in [0.05, 0.1) is 6.26 Å². The van der Waals surface area contributed by atoms with E-state index in [1.807, 2.05) is 12.1 Å². The molecule has 2 bridgehead atoms. The number of nitrogens with one attached hydrogen (secondary N) is 2. The van der Waals surface area contributed by atoms with E-state index >= 15 is 0 Å². The van der Waals surface area contributed by atoms with Gasteiger partial charge < -0.3 is 5.32 Å². The summed E-state index contributed by atoms with van der Waals surface area (Å²) < 4.78 is 27.0. The molecule has 5 heteroatoms. The first-order valence-electron chi connectivity index (χ1n) is 10.6. The quantitative estimate of drug-likeness (QED) is 0.727. The van der Waals surface area contributed by atoms with E-state index in [1.54, 1.807) is 0 Å². The summed E-state index contributed by atoms with van der Waals surface area (Å²) in [5.41, 5.74) is 2.19. The number of hydrogen-bond acceptors (Lipinski definition) is 3. The molecule has 156 valence electrons. The highest BCUT2D eigenvalue weighted by Crippen LogP contribution is 2.46. The van der Waals surface area contributed by atoms with Gasteiger partial charge in [0.15, 0.2) is 0 Å². The summed E-state index contributed by atoms with van der Waals surface area (Å²) in [6, 6.07) is 21.4. The summed E-state index contributed by atoms with van der Waals surface area (Å²) in [6.07, 6.45) is 6.98. The fourth-order valence-corrected chi connectivity index (χ4v) is 6.19. The average molecular weight is 413 g/mol. The Balaban J connectivity index is 1.76. The first-order chi connectivity index (χ1) is 13.8. The van der Waals surface area contributed by atoms with Crippen molar-refractivity contribution in [1.82, 2.24) is 10.0 Å². The summed E-state index contributed by atoms with van der Waals surface area (Å²) >= 11 is 0. The van der Waals surface area contributed by atoms with Crippen molar-refractivity contribution in [3.05, 3.63) is 71.8 Å². The molecular weight excluding hydrogens is 380 g/mol. The van der Waals surface area contributed by atoms with Gasteiger partial charge in [-0.15, -0.1) is 0 Å². The highest BCUT2D eigenvalue weighted by Gasteiger charge is 2.45. The molecular formula is C24H32N2O2S. The fraction of sp³-hybridized carbons (Fsp3) is 0.500. The zero-order valence-corrected chi connectivity index (χ0v) is 18.2. The van der Waals surface area contributed by atoms with Crippen LogP contribution in [0.2, 0.25) is 0 Å². The van der Waals surface area contributed by atoms with Gasteiger partial charge in [-0.25, -0.2) is 13.1 Å². The van der Waals surface area contributed by atoms with Gasteiger partial charge in [0.1, 0.15) is 0 Å². The Morgan fingerprint density at radius 2 is 1.66 bits per heavy atom. The predicted molar refractivity (Wildman–Crippen MR) is 118 cm³/mol. The maximum absolute atomic E-state index is 12.1. The Bertz CT molecular complexity index is 890. The Morgan fingerprint density at radius 1 is 1.07 bits per heavy atom. The Morgan fingerprint density at radius 3 is 2.17 bits per heavy atom. The molecule has 0 amide bonds. The van der Waals surface area contributed by atoms with Crippen molar-refractivity contribution < 1.29 is 8.42 Å². The highest BCUT2D eigenvalue weighted by molar-refractivity contribution is 7.88. The van der Waals surface area contributed by atoms with E-state index in [2.05, 4.69) is 65.5 Å². The third-order valence-electron chi connectivity index (χ3n) is 6.88. The van der Waals surface area contributed by atoms with Crippen molar-refractivity contribution in [2.45, 2.75) is 56.0 Å². The number of fused-ring (bicyclic) bond motifs is 2. The van der Waals surface area contributed by atoms with Crippen LogP contribution in [-0.4, -0.2) is 32.8 Å². The molecule has 0 unspecified atom stereocenters. The van der Waals surface area contributed by atoms with Crippen LogP contribution in [0, 0.1) is 5.92 Å². The number of piperidine rings is 1. The topological polar surface area (TPSA) is 58.2 Å². The summed E-state index contributed by atoms with van der Waals surface area (Å²) in [4.78, 5) is 0. The van der Waals surface area contributed by atoms with E-state index < -0.39 is 10.0 Å². The van der Waals surface area contributed by atoms with E-state index in [9.17, 15) is 8.42 Å². The standard InChI is InChI=1S/C24H32N2O2S/c1-23-14-13-22(26-23)15-19(16-23)17-24(18-25-29(2,27)28,20-9-5-3-6-10-20)21-11-7-4-8-12-21/h3-12,19,22,25-26H,13-18H2,1-2H3/t19-,22+,23-/m1/s1. The Labute approximate surface area is 175 Å². The SMILES string of the molecule is C[C@@]12CC[C@@H](C[C@@H](CC(CNS(C)(=O)=O)(c3ccccc3)c3ccccc3)C1)N2. The maximum Gasteiger partial charge on any atom is 0.208 e.